The molecule has 1 aliphatic heterocycles. The highest BCUT2D eigenvalue weighted by Crippen LogP contribution is 2.34. The number of quaternary nitrogens is 1. The molecule has 0 bridgehead atoms. The molecule has 1 atom stereocenters. The van der Waals surface area contributed by atoms with Gasteiger partial charge in [-0.2, -0.15) is 0 Å². The van der Waals surface area contributed by atoms with Gasteiger partial charge >= 0.3 is 0 Å². The molecule has 6 heteroatoms. The van der Waals surface area contributed by atoms with E-state index in [2.05, 4.69) is 12.2 Å². The van der Waals surface area contributed by atoms with Gasteiger partial charge in [0.25, 0.3) is 5.91 Å². The quantitative estimate of drug-likeness (QED) is 0.756. The third-order valence-electron chi connectivity index (χ3n) is 4.44. The van der Waals surface area contributed by atoms with Crippen LogP contribution in [0.1, 0.15) is 33.3 Å². The summed E-state index contributed by atoms with van der Waals surface area (Å²) < 4.78 is 0. The van der Waals surface area contributed by atoms with E-state index in [-0.39, 0.29) is 12.3 Å². The molecule has 24 heavy (non-hydrogen) atoms. The third-order valence-corrected chi connectivity index (χ3v) is 5.58. The van der Waals surface area contributed by atoms with Crippen molar-refractivity contribution in [2.45, 2.75) is 26.3 Å². The van der Waals surface area contributed by atoms with Crippen LogP contribution in [0.5, 0.6) is 0 Å². The van der Waals surface area contributed by atoms with E-state index in [9.17, 15) is 9.59 Å². The normalized spacial score (nSPS) is 16.5. The van der Waals surface area contributed by atoms with Crippen LogP contribution in [-0.2, 0) is 24.2 Å². The minimum absolute atomic E-state index is 0.123. The van der Waals surface area contributed by atoms with Crippen LogP contribution in [0.2, 0.25) is 0 Å². The van der Waals surface area contributed by atoms with Gasteiger partial charge in [-0.25, -0.2) is 0 Å². The average molecular weight is 344 g/mol. The topological polar surface area (TPSA) is 76.6 Å². The standard InChI is InChI=1S/C18H21N3O2S/c1-2-21-9-8-13-14(11-21)24-18(16(13)17(19)23)20-15(22)10-12-6-4-3-5-7-12/h3-7H,2,8-11H2,1H3,(H2,19,23)(H,20,22)/p+1. The van der Waals surface area contributed by atoms with Crippen molar-refractivity contribution >= 4 is 28.2 Å². The molecule has 1 unspecified atom stereocenters. The van der Waals surface area contributed by atoms with Crippen LogP contribution in [0.25, 0.3) is 0 Å². The van der Waals surface area contributed by atoms with Crippen LogP contribution < -0.4 is 16.0 Å². The summed E-state index contributed by atoms with van der Waals surface area (Å²) in [4.78, 5) is 26.9. The zero-order valence-corrected chi connectivity index (χ0v) is 14.5. The molecule has 2 amide bonds. The first kappa shape index (κ1) is 16.7. The fraction of sp³-hybridized carbons (Fsp3) is 0.333. The zero-order valence-electron chi connectivity index (χ0n) is 13.7. The molecule has 126 valence electrons. The summed E-state index contributed by atoms with van der Waals surface area (Å²) in [5.74, 6) is -0.579. The minimum Gasteiger partial charge on any atom is -0.365 e. The number of rotatable bonds is 5. The van der Waals surface area contributed by atoms with Gasteiger partial charge in [-0.1, -0.05) is 30.3 Å². The molecule has 0 aliphatic carbocycles. The summed E-state index contributed by atoms with van der Waals surface area (Å²) in [6, 6.07) is 9.56. The van der Waals surface area contributed by atoms with Crippen LogP contribution >= 0.6 is 11.3 Å². The van der Waals surface area contributed by atoms with E-state index < -0.39 is 5.91 Å². The number of thiophene rings is 1. The maximum absolute atomic E-state index is 12.3. The number of hydrogen-bond donors (Lipinski definition) is 3. The molecule has 2 heterocycles. The van der Waals surface area contributed by atoms with Crippen molar-refractivity contribution in [3.05, 3.63) is 51.9 Å². The smallest absolute Gasteiger partial charge is 0.252 e. The number of fused-ring (bicyclic) bond motifs is 1. The van der Waals surface area contributed by atoms with E-state index in [1.165, 1.54) is 21.1 Å². The number of benzene rings is 1. The lowest BCUT2D eigenvalue weighted by Crippen LogP contribution is -3.11. The number of nitrogens with two attached hydrogens (primary N) is 1. The Hall–Kier alpha value is -2.18. The van der Waals surface area contributed by atoms with E-state index in [1.54, 1.807) is 0 Å². The van der Waals surface area contributed by atoms with E-state index in [0.717, 1.165) is 37.2 Å². The van der Waals surface area contributed by atoms with Gasteiger partial charge in [-0.3, -0.25) is 9.59 Å². The summed E-state index contributed by atoms with van der Waals surface area (Å²) in [6.07, 6.45) is 1.12. The number of nitrogens with one attached hydrogen (secondary N) is 2. The lowest BCUT2D eigenvalue weighted by atomic mass is 10.0. The molecule has 0 fully saturated rings. The fourth-order valence-corrected chi connectivity index (χ4v) is 4.48. The Balaban J connectivity index is 1.81. The summed E-state index contributed by atoms with van der Waals surface area (Å²) in [6.45, 7) is 5.10. The van der Waals surface area contributed by atoms with Crippen LogP contribution in [-0.4, -0.2) is 24.9 Å². The van der Waals surface area contributed by atoms with E-state index in [1.807, 2.05) is 30.3 Å². The molecule has 1 aromatic carbocycles. The Morgan fingerprint density at radius 1 is 1.29 bits per heavy atom. The Labute approximate surface area is 145 Å². The van der Waals surface area contributed by atoms with Crippen LogP contribution in [0.15, 0.2) is 30.3 Å². The van der Waals surface area contributed by atoms with Gasteiger partial charge < -0.3 is 16.0 Å². The molecule has 0 saturated carbocycles. The number of hydrogen-bond acceptors (Lipinski definition) is 3. The van der Waals surface area contributed by atoms with Crippen molar-refractivity contribution in [1.82, 2.24) is 0 Å². The second kappa shape index (κ2) is 7.15. The Bertz CT molecular complexity index is 755. The highest BCUT2D eigenvalue weighted by atomic mass is 32.1. The van der Waals surface area contributed by atoms with Crippen molar-refractivity contribution in [1.29, 1.82) is 0 Å². The molecule has 1 aliphatic rings. The maximum Gasteiger partial charge on any atom is 0.252 e. The number of amides is 2. The van der Waals surface area contributed by atoms with Crippen LogP contribution in [0.4, 0.5) is 5.00 Å². The summed E-state index contributed by atoms with van der Waals surface area (Å²) >= 11 is 1.49. The first-order chi connectivity index (χ1) is 11.6. The summed E-state index contributed by atoms with van der Waals surface area (Å²) in [5.41, 5.74) is 8.06. The second-order valence-corrected chi connectivity index (χ2v) is 7.17. The molecule has 0 spiro atoms. The lowest BCUT2D eigenvalue weighted by molar-refractivity contribution is -0.913. The predicted molar refractivity (Wildman–Crippen MR) is 95.4 cm³/mol. The van der Waals surface area contributed by atoms with E-state index in [4.69, 9.17) is 5.73 Å². The van der Waals surface area contributed by atoms with Crippen molar-refractivity contribution in [3.63, 3.8) is 0 Å². The number of anilines is 1. The van der Waals surface area contributed by atoms with Gasteiger partial charge in [-0.05, 0) is 18.1 Å². The van der Waals surface area contributed by atoms with Crippen LogP contribution in [0.3, 0.4) is 0 Å². The van der Waals surface area contributed by atoms with Gasteiger partial charge in [0.15, 0.2) is 0 Å². The monoisotopic (exact) mass is 344 g/mol. The average Bonchev–Trinajstić information content (AvgIpc) is 2.92. The van der Waals surface area contributed by atoms with Crippen molar-refractivity contribution in [2.24, 2.45) is 5.73 Å². The number of carbonyl (C=O) groups is 2. The first-order valence-electron chi connectivity index (χ1n) is 8.20. The second-order valence-electron chi connectivity index (χ2n) is 6.06. The third kappa shape index (κ3) is 3.49. The lowest BCUT2D eigenvalue weighted by Gasteiger charge is -2.22. The molecule has 0 radical (unpaired) electrons. The molecule has 2 aromatic rings. The first-order valence-corrected chi connectivity index (χ1v) is 9.01. The van der Waals surface area contributed by atoms with Gasteiger partial charge in [0.2, 0.25) is 5.91 Å². The Kier molecular flexibility index (Phi) is 4.97. The molecular formula is C18H22N3O2S+. The Morgan fingerprint density at radius 3 is 2.71 bits per heavy atom. The van der Waals surface area contributed by atoms with Gasteiger partial charge in [0.05, 0.1) is 30.0 Å². The van der Waals surface area contributed by atoms with Gasteiger partial charge in [0, 0.05) is 6.42 Å². The summed E-state index contributed by atoms with van der Waals surface area (Å²) in [5, 5.41) is 3.50. The molecule has 0 saturated heterocycles. The molecule has 5 nitrogen and oxygen atoms in total. The van der Waals surface area contributed by atoms with Crippen LogP contribution in [0, 0.1) is 0 Å². The highest BCUT2D eigenvalue weighted by molar-refractivity contribution is 7.17. The molecule has 4 N–H and O–H groups in total. The number of likely N-dealkylation sites (N-methyl/N-ethyl adjacent to an activating group) is 1. The number of primary amides is 1. The zero-order chi connectivity index (χ0) is 17.1. The predicted octanol–water partition coefficient (Wildman–Crippen LogP) is 0.989. The van der Waals surface area contributed by atoms with E-state index >= 15 is 0 Å². The van der Waals surface area contributed by atoms with E-state index in [0.29, 0.717) is 10.6 Å². The van der Waals surface area contributed by atoms with Crippen molar-refractivity contribution in [2.75, 3.05) is 18.4 Å². The highest BCUT2D eigenvalue weighted by Gasteiger charge is 2.29. The molecular weight excluding hydrogens is 322 g/mol. The largest absolute Gasteiger partial charge is 0.365 e. The fourth-order valence-electron chi connectivity index (χ4n) is 3.14. The number of carbonyl (C=O) groups excluding carboxylic acids is 2. The van der Waals surface area contributed by atoms with Gasteiger partial charge in [-0.15, -0.1) is 11.3 Å². The maximum atomic E-state index is 12.3. The summed E-state index contributed by atoms with van der Waals surface area (Å²) in [7, 11) is 0. The van der Waals surface area contributed by atoms with Gasteiger partial charge in [0.1, 0.15) is 11.5 Å². The minimum atomic E-state index is -0.456. The molecule has 1 aromatic heterocycles. The van der Waals surface area contributed by atoms with Crippen molar-refractivity contribution < 1.29 is 14.5 Å². The Morgan fingerprint density at radius 2 is 2.04 bits per heavy atom. The van der Waals surface area contributed by atoms with Crippen molar-refractivity contribution in [3.8, 4) is 0 Å². The molecule has 3 rings (SSSR count). The SMILES string of the molecule is CC[NH+]1CCc2c(sc(NC(=O)Cc3ccccc3)c2C(N)=O)C1.